The van der Waals surface area contributed by atoms with E-state index in [1.807, 2.05) is 13.0 Å². The Morgan fingerprint density at radius 3 is 2.61 bits per heavy atom. The fraction of sp³-hybridized carbons (Fsp3) is 0.417. The number of nitrogens with one attached hydrogen (secondary N) is 1. The highest BCUT2D eigenvalue weighted by atomic mass is 19.1. The minimum Gasteiger partial charge on any atom is -0.507 e. The lowest BCUT2D eigenvalue weighted by atomic mass is 9.85. The number of ether oxygens (including phenoxy) is 2. The smallest absolute Gasteiger partial charge is 0.233 e. The van der Waals surface area contributed by atoms with Gasteiger partial charge in [0.1, 0.15) is 11.9 Å². The molecule has 4 atom stereocenters. The number of methoxy groups -OCH3 is 1. The second-order valence-electron chi connectivity index (χ2n) is 9.34. The number of fused-ring (bicyclic) bond motifs is 2. The van der Waals surface area contributed by atoms with Crippen molar-refractivity contribution >= 4 is 0 Å². The molecular formula is C24H26FN5O3. The number of aromatic hydroxyl groups is 1. The maximum Gasteiger partial charge on any atom is 0.233 e. The first-order valence-corrected chi connectivity index (χ1v) is 10.9. The summed E-state index contributed by atoms with van der Waals surface area (Å²) >= 11 is 0. The summed E-state index contributed by atoms with van der Waals surface area (Å²) in [5.74, 6) is 0.703. The van der Waals surface area contributed by atoms with Gasteiger partial charge in [0.25, 0.3) is 0 Å². The minimum atomic E-state index is -1.13. The third kappa shape index (κ3) is 3.97. The van der Waals surface area contributed by atoms with Crippen molar-refractivity contribution in [3.05, 3.63) is 42.6 Å². The first-order valence-electron chi connectivity index (χ1n) is 10.9. The van der Waals surface area contributed by atoms with Gasteiger partial charge in [-0.3, -0.25) is 0 Å². The lowest BCUT2D eigenvalue weighted by molar-refractivity contribution is -0.00951. The summed E-state index contributed by atoms with van der Waals surface area (Å²) in [6.45, 7) is 4.03. The third-order valence-corrected chi connectivity index (χ3v) is 6.73. The quantitative estimate of drug-likeness (QED) is 0.605. The van der Waals surface area contributed by atoms with Crippen molar-refractivity contribution in [3.63, 3.8) is 0 Å². The number of rotatable bonds is 5. The van der Waals surface area contributed by atoms with E-state index in [0.29, 0.717) is 23.6 Å². The Morgan fingerprint density at radius 2 is 1.88 bits per heavy atom. The topological polar surface area (TPSA) is 102 Å². The molecule has 33 heavy (non-hydrogen) atoms. The highest BCUT2D eigenvalue weighted by Crippen LogP contribution is 2.44. The van der Waals surface area contributed by atoms with Crippen LogP contribution in [0.1, 0.15) is 33.1 Å². The van der Waals surface area contributed by atoms with E-state index in [0.717, 1.165) is 24.0 Å². The van der Waals surface area contributed by atoms with Gasteiger partial charge in [-0.25, -0.2) is 4.39 Å². The number of aromatic nitrogens is 4. The van der Waals surface area contributed by atoms with Crippen LogP contribution in [0, 0.1) is 0 Å². The van der Waals surface area contributed by atoms with Gasteiger partial charge in [0, 0.05) is 35.2 Å². The first kappa shape index (κ1) is 21.5. The van der Waals surface area contributed by atoms with Crippen LogP contribution in [0.2, 0.25) is 0 Å². The third-order valence-electron chi connectivity index (χ3n) is 6.73. The van der Waals surface area contributed by atoms with Gasteiger partial charge in [0.2, 0.25) is 11.8 Å². The number of hydrogen-bond donors (Lipinski definition) is 2. The molecule has 2 aromatic heterocycles. The molecule has 4 heterocycles. The number of phenols is 1. The number of halogens is 1. The molecule has 0 saturated carbocycles. The molecule has 8 nitrogen and oxygen atoms in total. The van der Waals surface area contributed by atoms with Gasteiger partial charge in [0.05, 0.1) is 24.5 Å². The zero-order valence-electron chi connectivity index (χ0n) is 18.7. The summed E-state index contributed by atoms with van der Waals surface area (Å²) in [5.41, 5.74) is 1.82. The fourth-order valence-corrected chi connectivity index (χ4v) is 4.98. The average molecular weight is 452 g/mol. The molecule has 2 aliphatic heterocycles. The number of benzene rings is 1. The maximum absolute atomic E-state index is 15.1. The standard InChI is InChI=1S/C24H26FN5O3/c1-23-8-9-24(2,30-23)22(25)19(12-23)33-20-7-6-17(27-29-20)16-5-4-14(10-18(16)31)15-11-21(32-3)28-26-13-15/h4-7,10-11,13,19,22,30-31H,8-9,12H2,1-3H3/t19-,22-,23-,24+/m1/s1. The van der Waals surface area contributed by atoms with Crippen LogP contribution in [0.3, 0.4) is 0 Å². The summed E-state index contributed by atoms with van der Waals surface area (Å²) in [7, 11) is 1.52. The monoisotopic (exact) mass is 451 g/mol. The van der Waals surface area contributed by atoms with Gasteiger partial charge in [-0.05, 0) is 50.5 Å². The normalized spacial score (nSPS) is 28.5. The molecule has 0 aliphatic carbocycles. The molecule has 0 spiro atoms. The largest absolute Gasteiger partial charge is 0.507 e. The Bertz CT molecular complexity index is 1180. The summed E-state index contributed by atoms with van der Waals surface area (Å²) < 4.78 is 26.1. The number of alkyl halides is 1. The Kier molecular flexibility index (Phi) is 5.16. The van der Waals surface area contributed by atoms with Gasteiger partial charge in [-0.2, -0.15) is 5.10 Å². The Balaban J connectivity index is 1.33. The van der Waals surface area contributed by atoms with Crippen molar-refractivity contribution in [1.82, 2.24) is 25.7 Å². The number of nitrogens with zero attached hydrogens (tertiary/aromatic N) is 4. The lowest BCUT2D eigenvalue weighted by Gasteiger charge is -2.43. The van der Waals surface area contributed by atoms with Crippen LogP contribution in [0.4, 0.5) is 4.39 Å². The van der Waals surface area contributed by atoms with Crippen molar-refractivity contribution in [3.8, 4) is 39.9 Å². The lowest BCUT2D eigenvalue weighted by Crippen LogP contribution is -2.63. The van der Waals surface area contributed by atoms with E-state index in [4.69, 9.17) is 9.47 Å². The van der Waals surface area contributed by atoms with E-state index >= 15 is 4.39 Å². The van der Waals surface area contributed by atoms with Crippen LogP contribution in [-0.4, -0.2) is 56.0 Å². The van der Waals surface area contributed by atoms with Gasteiger partial charge >= 0.3 is 0 Å². The summed E-state index contributed by atoms with van der Waals surface area (Å²) in [5, 5.41) is 30.1. The number of piperidine rings is 1. The molecule has 172 valence electrons. The molecule has 3 aromatic rings. The number of phenolic OH excluding ortho intramolecular Hbond substituents is 1. The molecule has 9 heteroatoms. The van der Waals surface area contributed by atoms with Gasteiger partial charge in [-0.1, -0.05) is 6.07 Å². The van der Waals surface area contributed by atoms with Crippen LogP contribution in [0.25, 0.3) is 22.4 Å². The van der Waals surface area contributed by atoms with E-state index < -0.39 is 17.8 Å². The fourth-order valence-electron chi connectivity index (χ4n) is 4.98. The van der Waals surface area contributed by atoms with Crippen LogP contribution in [0.5, 0.6) is 17.5 Å². The van der Waals surface area contributed by atoms with Crippen molar-refractivity contribution < 1.29 is 19.0 Å². The molecule has 2 aliphatic rings. The van der Waals surface area contributed by atoms with Crippen LogP contribution in [0.15, 0.2) is 42.6 Å². The maximum atomic E-state index is 15.1. The molecule has 2 saturated heterocycles. The van der Waals surface area contributed by atoms with Crippen LogP contribution in [-0.2, 0) is 0 Å². The van der Waals surface area contributed by atoms with Crippen molar-refractivity contribution in [1.29, 1.82) is 0 Å². The van der Waals surface area contributed by atoms with E-state index in [1.54, 1.807) is 36.5 Å². The predicted molar refractivity (Wildman–Crippen MR) is 120 cm³/mol. The predicted octanol–water partition coefficient (Wildman–Crippen LogP) is 3.70. The molecule has 0 radical (unpaired) electrons. The van der Waals surface area contributed by atoms with Crippen molar-refractivity contribution in [2.75, 3.05) is 7.11 Å². The van der Waals surface area contributed by atoms with E-state index in [1.165, 1.54) is 7.11 Å². The molecule has 0 amide bonds. The highest BCUT2D eigenvalue weighted by molar-refractivity contribution is 5.74. The molecule has 0 unspecified atom stereocenters. The first-order chi connectivity index (χ1) is 15.8. The summed E-state index contributed by atoms with van der Waals surface area (Å²) in [6.07, 6.45) is 2.16. The summed E-state index contributed by atoms with van der Waals surface area (Å²) in [4.78, 5) is 0. The average Bonchev–Trinajstić information content (AvgIpc) is 3.09. The minimum absolute atomic E-state index is 0.0471. The second kappa shape index (κ2) is 7.91. The molecule has 2 fully saturated rings. The zero-order valence-corrected chi connectivity index (χ0v) is 18.7. The van der Waals surface area contributed by atoms with Crippen molar-refractivity contribution in [2.45, 2.75) is 56.5 Å². The van der Waals surface area contributed by atoms with Gasteiger partial charge in [-0.15, -0.1) is 15.3 Å². The Labute approximate surface area is 191 Å². The van der Waals surface area contributed by atoms with E-state index in [-0.39, 0.29) is 17.2 Å². The van der Waals surface area contributed by atoms with Crippen molar-refractivity contribution in [2.24, 2.45) is 0 Å². The molecule has 5 rings (SSSR count). The Hall–Kier alpha value is -3.33. The van der Waals surface area contributed by atoms with Crippen LogP contribution >= 0.6 is 0 Å². The second-order valence-corrected chi connectivity index (χ2v) is 9.34. The summed E-state index contributed by atoms with van der Waals surface area (Å²) in [6, 6.07) is 10.3. The molecule has 2 bridgehead atoms. The highest BCUT2D eigenvalue weighted by Gasteiger charge is 2.56. The van der Waals surface area contributed by atoms with Gasteiger partial charge in [0.15, 0.2) is 6.17 Å². The molecular weight excluding hydrogens is 425 g/mol. The molecule has 1 aromatic carbocycles. The van der Waals surface area contributed by atoms with E-state index in [2.05, 4.69) is 32.6 Å². The number of hydrogen-bond acceptors (Lipinski definition) is 8. The van der Waals surface area contributed by atoms with Crippen LogP contribution < -0.4 is 14.8 Å². The molecule has 2 N–H and O–H groups in total. The van der Waals surface area contributed by atoms with E-state index in [9.17, 15) is 5.11 Å². The zero-order chi connectivity index (χ0) is 23.2. The SMILES string of the molecule is COc1cc(-c2ccc(-c3ccc(O[C@@H]4C[C@@]5(C)CC[C@](C)(N5)[C@@H]4F)nn3)c(O)c2)cnn1. The van der Waals surface area contributed by atoms with Gasteiger partial charge < -0.3 is 19.9 Å². The Morgan fingerprint density at radius 1 is 1.03 bits per heavy atom.